The van der Waals surface area contributed by atoms with Crippen LogP contribution in [0.25, 0.3) is 10.9 Å². The summed E-state index contributed by atoms with van der Waals surface area (Å²) < 4.78 is 5.09. The third-order valence-electron chi connectivity index (χ3n) is 4.66. The van der Waals surface area contributed by atoms with Crippen LogP contribution in [0, 0.1) is 38.0 Å². The summed E-state index contributed by atoms with van der Waals surface area (Å²) in [7, 11) is 0. The summed E-state index contributed by atoms with van der Waals surface area (Å²) >= 11 is 0. The summed E-state index contributed by atoms with van der Waals surface area (Å²) in [6.07, 6.45) is 0.493. The zero-order valence-corrected chi connectivity index (χ0v) is 14.9. The normalized spacial score (nSPS) is 12.1. The molecule has 0 fully saturated rings. The minimum atomic E-state index is -1.31. The molecule has 0 aliphatic carbocycles. The third kappa shape index (κ3) is 3.04. The van der Waals surface area contributed by atoms with Crippen molar-refractivity contribution in [3.05, 3.63) is 52.5 Å². The van der Waals surface area contributed by atoms with Gasteiger partial charge in [-0.15, -0.1) is 0 Å². The molecular formula is C20H19N3O3. The number of H-pyrrole nitrogens is 1. The van der Waals surface area contributed by atoms with Gasteiger partial charge in [-0.3, -0.25) is 9.59 Å². The number of aromatic nitrogens is 2. The van der Waals surface area contributed by atoms with E-state index in [1.807, 2.05) is 30.3 Å². The second-order valence-corrected chi connectivity index (χ2v) is 6.37. The van der Waals surface area contributed by atoms with Gasteiger partial charge in [0.25, 0.3) is 0 Å². The van der Waals surface area contributed by atoms with Crippen molar-refractivity contribution in [2.24, 2.45) is 5.92 Å². The van der Waals surface area contributed by atoms with Crippen LogP contribution in [-0.2, 0) is 11.2 Å². The van der Waals surface area contributed by atoms with Crippen LogP contribution in [0.5, 0.6) is 0 Å². The Kier molecular flexibility index (Phi) is 4.72. The maximum absolute atomic E-state index is 12.9. The number of para-hydroxylation sites is 1. The summed E-state index contributed by atoms with van der Waals surface area (Å²) in [5.74, 6) is -1.50. The number of fused-ring (bicyclic) bond motifs is 1. The quantitative estimate of drug-likeness (QED) is 0.541. The van der Waals surface area contributed by atoms with E-state index in [9.17, 15) is 14.9 Å². The second-order valence-electron chi connectivity index (χ2n) is 6.37. The SMILES string of the molecule is Cc1noc(C)c1CCC(=O)[C@H](C#N)C(=O)c1c(C)[nH]c2ccccc12. The number of hydrogen-bond acceptors (Lipinski definition) is 5. The van der Waals surface area contributed by atoms with Gasteiger partial charge >= 0.3 is 0 Å². The minimum absolute atomic E-state index is 0.0915. The van der Waals surface area contributed by atoms with Gasteiger partial charge in [0.05, 0.1) is 11.8 Å². The Labute approximate surface area is 150 Å². The van der Waals surface area contributed by atoms with Crippen LogP contribution in [0.1, 0.15) is 39.5 Å². The lowest BCUT2D eigenvalue weighted by Crippen LogP contribution is -2.23. The Balaban J connectivity index is 1.83. The van der Waals surface area contributed by atoms with Gasteiger partial charge in [0.15, 0.2) is 17.5 Å². The highest BCUT2D eigenvalue weighted by Crippen LogP contribution is 2.25. The Hall–Kier alpha value is -3.20. The number of carbonyl (C=O) groups excluding carboxylic acids is 2. The van der Waals surface area contributed by atoms with E-state index in [1.54, 1.807) is 20.8 Å². The van der Waals surface area contributed by atoms with Crippen LogP contribution in [0.15, 0.2) is 28.8 Å². The fourth-order valence-corrected chi connectivity index (χ4v) is 3.27. The maximum Gasteiger partial charge on any atom is 0.189 e. The van der Waals surface area contributed by atoms with E-state index in [2.05, 4.69) is 10.1 Å². The van der Waals surface area contributed by atoms with E-state index < -0.39 is 11.7 Å². The van der Waals surface area contributed by atoms with Gasteiger partial charge in [-0.25, -0.2) is 0 Å². The van der Waals surface area contributed by atoms with Gasteiger partial charge in [0, 0.05) is 34.1 Å². The number of benzene rings is 1. The highest BCUT2D eigenvalue weighted by molar-refractivity contribution is 6.18. The Morgan fingerprint density at radius 1 is 1.27 bits per heavy atom. The van der Waals surface area contributed by atoms with Crippen LogP contribution in [0.2, 0.25) is 0 Å². The Bertz CT molecular complexity index is 1020. The van der Waals surface area contributed by atoms with E-state index in [0.29, 0.717) is 23.4 Å². The lowest BCUT2D eigenvalue weighted by atomic mass is 9.90. The maximum atomic E-state index is 12.9. The number of rotatable bonds is 6. The van der Waals surface area contributed by atoms with Gasteiger partial charge < -0.3 is 9.51 Å². The van der Waals surface area contributed by atoms with E-state index in [1.165, 1.54) is 0 Å². The molecular weight excluding hydrogens is 330 g/mol. The molecule has 6 heteroatoms. The van der Waals surface area contributed by atoms with Gasteiger partial charge in [-0.1, -0.05) is 23.4 Å². The molecule has 3 rings (SSSR count). The number of aryl methyl sites for hydroxylation is 3. The highest BCUT2D eigenvalue weighted by atomic mass is 16.5. The molecule has 3 aromatic rings. The molecule has 0 saturated heterocycles. The summed E-state index contributed by atoms with van der Waals surface area (Å²) in [6, 6.07) is 9.25. The molecule has 26 heavy (non-hydrogen) atoms. The Morgan fingerprint density at radius 3 is 2.65 bits per heavy atom. The molecule has 0 spiro atoms. The van der Waals surface area contributed by atoms with Crippen molar-refractivity contribution in [2.75, 3.05) is 0 Å². The van der Waals surface area contributed by atoms with Crippen molar-refractivity contribution < 1.29 is 14.1 Å². The molecule has 6 nitrogen and oxygen atoms in total. The lowest BCUT2D eigenvalue weighted by molar-refractivity contribution is -0.120. The topological polar surface area (TPSA) is 99.8 Å². The highest BCUT2D eigenvalue weighted by Gasteiger charge is 2.30. The van der Waals surface area contributed by atoms with Crippen LogP contribution in [0.4, 0.5) is 0 Å². The molecule has 2 heterocycles. The van der Waals surface area contributed by atoms with Crippen molar-refractivity contribution in [1.82, 2.24) is 10.1 Å². The monoisotopic (exact) mass is 349 g/mol. The Morgan fingerprint density at radius 2 is 2.00 bits per heavy atom. The first kappa shape index (κ1) is 17.6. The van der Waals surface area contributed by atoms with Crippen LogP contribution >= 0.6 is 0 Å². The molecule has 1 atom stereocenters. The number of aromatic amines is 1. The molecule has 0 radical (unpaired) electrons. The van der Waals surface area contributed by atoms with Crippen molar-refractivity contribution in [3.8, 4) is 6.07 Å². The predicted octanol–water partition coefficient (Wildman–Crippen LogP) is 3.61. The summed E-state index contributed by atoms with van der Waals surface area (Å²) in [5, 5.41) is 14.1. The number of carbonyl (C=O) groups is 2. The van der Waals surface area contributed by atoms with Gasteiger partial charge in [0.1, 0.15) is 5.76 Å². The smallest absolute Gasteiger partial charge is 0.189 e. The number of nitrogens with zero attached hydrogens (tertiary/aromatic N) is 2. The standard InChI is InChI=1S/C20H19N3O3/c1-11-14(13(3)26-23-11)8-9-18(24)16(10-21)20(25)19-12(2)22-17-7-5-4-6-15(17)19/h4-7,16,22H,8-9H2,1-3H3/t16-/m0/s1. The van der Waals surface area contributed by atoms with Gasteiger partial charge in [-0.05, 0) is 33.3 Å². The van der Waals surface area contributed by atoms with Crippen LogP contribution in [-0.4, -0.2) is 21.7 Å². The zero-order valence-electron chi connectivity index (χ0n) is 14.9. The second kappa shape index (κ2) is 6.96. The lowest BCUT2D eigenvalue weighted by Gasteiger charge is -2.08. The first-order valence-corrected chi connectivity index (χ1v) is 8.39. The van der Waals surface area contributed by atoms with E-state index in [4.69, 9.17) is 4.52 Å². The molecule has 1 N–H and O–H groups in total. The van der Waals surface area contributed by atoms with Gasteiger partial charge in [0.2, 0.25) is 0 Å². The number of Topliss-reactive ketones (excluding diaryl/α,β-unsaturated/α-hetero) is 2. The summed E-state index contributed by atoms with van der Waals surface area (Å²) in [4.78, 5) is 28.6. The largest absolute Gasteiger partial charge is 0.361 e. The molecule has 0 bridgehead atoms. The molecule has 2 aromatic heterocycles. The summed E-state index contributed by atoms with van der Waals surface area (Å²) in [6.45, 7) is 5.36. The fraction of sp³-hybridized carbons (Fsp3) is 0.300. The first-order valence-electron chi connectivity index (χ1n) is 8.39. The molecule has 0 aliphatic rings. The molecule has 0 unspecified atom stereocenters. The molecule has 132 valence electrons. The van der Waals surface area contributed by atoms with Crippen molar-refractivity contribution in [2.45, 2.75) is 33.6 Å². The van der Waals surface area contributed by atoms with Crippen molar-refractivity contribution >= 4 is 22.5 Å². The number of nitrogens with one attached hydrogen (secondary N) is 1. The minimum Gasteiger partial charge on any atom is -0.361 e. The number of nitriles is 1. The summed E-state index contributed by atoms with van der Waals surface area (Å²) in [5.41, 5.74) is 3.47. The average molecular weight is 349 g/mol. The van der Waals surface area contributed by atoms with E-state index in [0.717, 1.165) is 22.2 Å². The third-order valence-corrected chi connectivity index (χ3v) is 4.66. The predicted molar refractivity (Wildman–Crippen MR) is 95.8 cm³/mol. The fourth-order valence-electron chi connectivity index (χ4n) is 3.27. The zero-order chi connectivity index (χ0) is 18.8. The average Bonchev–Trinajstić information content (AvgIpc) is 3.12. The molecule has 0 amide bonds. The van der Waals surface area contributed by atoms with Crippen LogP contribution < -0.4 is 0 Å². The number of hydrogen-bond donors (Lipinski definition) is 1. The number of ketones is 2. The molecule has 0 saturated carbocycles. The van der Waals surface area contributed by atoms with E-state index >= 15 is 0 Å². The van der Waals surface area contributed by atoms with Gasteiger partial charge in [-0.2, -0.15) is 5.26 Å². The molecule has 1 aromatic carbocycles. The molecule has 0 aliphatic heterocycles. The van der Waals surface area contributed by atoms with E-state index in [-0.39, 0.29) is 12.2 Å². The van der Waals surface area contributed by atoms with Crippen LogP contribution in [0.3, 0.4) is 0 Å². The van der Waals surface area contributed by atoms with Crippen molar-refractivity contribution in [1.29, 1.82) is 5.26 Å². The first-order chi connectivity index (χ1) is 12.4. The van der Waals surface area contributed by atoms with Crippen molar-refractivity contribution in [3.63, 3.8) is 0 Å².